The van der Waals surface area contributed by atoms with Crippen molar-refractivity contribution in [2.75, 3.05) is 0 Å². The van der Waals surface area contributed by atoms with Crippen molar-refractivity contribution in [3.05, 3.63) is 47.4 Å². The molecule has 0 saturated heterocycles. The lowest BCUT2D eigenvalue weighted by Gasteiger charge is -2.02. The lowest BCUT2D eigenvalue weighted by atomic mass is 10.1. The van der Waals surface area contributed by atoms with Crippen molar-refractivity contribution in [3.63, 3.8) is 0 Å². The summed E-state index contributed by atoms with van der Waals surface area (Å²) in [6.07, 6.45) is 3.10. The summed E-state index contributed by atoms with van der Waals surface area (Å²) in [4.78, 5) is 7.98. The molecule has 0 atom stereocenters. The van der Waals surface area contributed by atoms with E-state index in [-0.39, 0.29) is 0 Å². The smallest absolute Gasteiger partial charge is 0.116 e. The second-order valence-corrected chi connectivity index (χ2v) is 3.49. The van der Waals surface area contributed by atoms with E-state index in [1.54, 1.807) is 6.20 Å². The van der Waals surface area contributed by atoms with Gasteiger partial charge < -0.3 is 0 Å². The van der Waals surface area contributed by atoms with E-state index in [1.165, 1.54) is 11.9 Å². The molecule has 14 heavy (non-hydrogen) atoms. The third kappa shape index (κ3) is 1.75. The maximum absolute atomic E-state index is 5.97. The predicted octanol–water partition coefficient (Wildman–Crippen LogP) is 3.11. The van der Waals surface area contributed by atoms with Gasteiger partial charge >= 0.3 is 0 Å². The van der Waals surface area contributed by atoms with Crippen LogP contribution in [0, 0.1) is 6.92 Å². The Balaban J connectivity index is 2.50. The van der Waals surface area contributed by atoms with Gasteiger partial charge in [0, 0.05) is 11.8 Å². The Kier molecular flexibility index (Phi) is 2.46. The third-order valence-electron chi connectivity index (χ3n) is 1.99. The van der Waals surface area contributed by atoms with Gasteiger partial charge in [-0.15, -0.1) is 0 Å². The first kappa shape index (κ1) is 9.16. The summed E-state index contributed by atoms with van der Waals surface area (Å²) in [6, 6.07) is 8.08. The molecule has 0 aliphatic carbocycles. The Hall–Kier alpha value is -1.41. The van der Waals surface area contributed by atoms with Crippen LogP contribution in [-0.2, 0) is 0 Å². The van der Waals surface area contributed by atoms with Crippen LogP contribution in [0.4, 0.5) is 0 Å². The minimum atomic E-state index is 0.580. The highest BCUT2D eigenvalue weighted by Crippen LogP contribution is 2.24. The van der Waals surface area contributed by atoms with Gasteiger partial charge in [0.25, 0.3) is 0 Å². The SMILES string of the molecule is Cc1ccc(-c2ncncc2Cl)cc1. The first-order valence-electron chi connectivity index (χ1n) is 4.30. The normalized spacial score (nSPS) is 10.1. The van der Waals surface area contributed by atoms with Crippen molar-refractivity contribution >= 4 is 11.6 Å². The molecule has 0 unspecified atom stereocenters. The van der Waals surface area contributed by atoms with Crippen LogP contribution in [0.5, 0.6) is 0 Å². The highest BCUT2D eigenvalue weighted by atomic mass is 35.5. The lowest BCUT2D eigenvalue weighted by Crippen LogP contribution is -1.86. The standard InChI is InChI=1S/C11H9ClN2/c1-8-2-4-9(5-3-8)11-10(12)6-13-7-14-11/h2-7H,1H3. The molecule has 0 N–H and O–H groups in total. The van der Waals surface area contributed by atoms with E-state index in [4.69, 9.17) is 11.6 Å². The first-order valence-corrected chi connectivity index (χ1v) is 4.68. The highest BCUT2D eigenvalue weighted by Gasteiger charge is 2.03. The highest BCUT2D eigenvalue weighted by molar-refractivity contribution is 6.32. The molecule has 0 aliphatic rings. The number of aryl methyl sites for hydroxylation is 1. The zero-order valence-corrected chi connectivity index (χ0v) is 8.49. The van der Waals surface area contributed by atoms with Gasteiger partial charge in [0.15, 0.2) is 0 Å². The van der Waals surface area contributed by atoms with E-state index in [0.29, 0.717) is 5.02 Å². The number of hydrogen-bond donors (Lipinski definition) is 0. The van der Waals surface area contributed by atoms with Crippen molar-refractivity contribution in [2.24, 2.45) is 0 Å². The maximum atomic E-state index is 5.97. The fourth-order valence-electron chi connectivity index (χ4n) is 1.24. The molecule has 2 aromatic rings. The Morgan fingerprint density at radius 3 is 2.50 bits per heavy atom. The number of halogens is 1. The topological polar surface area (TPSA) is 25.8 Å². The van der Waals surface area contributed by atoms with Crippen LogP contribution in [0.2, 0.25) is 5.02 Å². The number of nitrogens with zero attached hydrogens (tertiary/aromatic N) is 2. The van der Waals surface area contributed by atoms with Gasteiger partial charge in [-0.05, 0) is 6.92 Å². The molecular formula is C11H9ClN2. The molecule has 2 rings (SSSR count). The molecule has 0 fully saturated rings. The summed E-state index contributed by atoms with van der Waals surface area (Å²) < 4.78 is 0. The van der Waals surface area contributed by atoms with E-state index in [1.807, 2.05) is 31.2 Å². The minimum Gasteiger partial charge on any atom is -0.243 e. The second-order valence-electron chi connectivity index (χ2n) is 3.09. The second kappa shape index (κ2) is 3.76. The van der Waals surface area contributed by atoms with E-state index in [0.717, 1.165) is 11.3 Å². The molecule has 2 nitrogen and oxygen atoms in total. The van der Waals surface area contributed by atoms with E-state index >= 15 is 0 Å². The molecule has 1 aromatic heterocycles. The van der Waals surface area contributed by atoms with Crippen LogP contribution >= 0.6 is 11.6 Å². The first-order chi connectivity index (χ1) is 6.77. The molecule has 0 aliphatic heterocycles. The van der Waals surface area contributed by atoms with Crippen LogP contribution in [-0.4, -0.2) is 9.97 Å². The molecule has 1 heterocycles. The maximum Gasteiger partial charge on any atom is 0.116 e. The predicted molar refractivity (Wildman–Crippen MR) is 57.2 cm³/mol. The molecular weight excluding hydrogens is 196 g/mol. The summed E-state index contributed by atoms with van der Waals surface area (Å²) in [5.74, 6) is 0. The molecule has 0 radical (unpaired) electrons. The zero-order valence-electron chi connectivity index (χ0n) is 7.74. The van der Waals surface area contributed by atoms with Crippen molar-refractivity contribution < 1.29 is 0 Å². The average Bonchev–Trinajstić information content (AvgIpc) is 2.20. The van der Waals surface area contributed by atoms with Gasteiger partial charge in [-0.1, -0.05) is 41.4 Å². The summed E-state index contributed by atoms with van der Waals surface area (Å²) in [5.41, 5.74) is 3.02. The summed E-state index contributed by atoms with van der Waals surface area (Å²) in [6.45, 7) is 2.05. The number of rotatable bonds is 1. The van der Waals surface area contributed by atoms with Gasteiger partial charge in [0.2, 0.25) is 0 Å². The van der Waals surface area contributed by atoms with Crippen LogP contribution in [0.1, 0.15) is 5.56 Å². The van der Waals surface area contributed by atoms with Crippen LogP contribution in [0.15, 0.2) is 36.8 Å². The lowest BCUT2D eigenvalue weighted by molar-refractivity contribution is 1.17. The Morgan fingerprint density at radius 2 is 1.86 bits per heavy atom. The molecule has 0 amide bonds. The number of benzene rings is 1. The average molecular weight is 205 g/mol. The minimum absolute atomic E-state index is 0.580. The van der Waals surface area contributed by atoms with Gasteiger partial charge in [-0.3, -0.25) is 0 Å². The fourth-order valence-corrected chi connectivity index (χ4v) is 1.45. The van der Waals surface area contributed by atoms with Crippen LogP contribution in [0.25, 0.3) is 11.3 Å². The van der Waals surface area contributed by atoms with E-state index < -0.39 is 0 Å². The van der Waals surface area contributed by atoms with Crippen molar-refractivity contribution in [2.45, 2.75) is 6.92 Å². The van der Waals surface area contributed by atoms with Crippen LogP contribution in [0.3, 0.4) is 0 Å². The van der Waals surface area contributed by atoms with Gasteiger partial charge in [-0.25, -0.2) is 9.97 Å². The van der Waals surface area contributed by atoms with Crippen molar-refractivity contribution in [1.29, 1.82) is 0 Å². The molecule has 0 saturated carbocycles. The number of aromatic nitrogens is 2. The van der Waals surface area contributed by atoms with Crippen molar-refractivity contribution in [1.82, 2.24) is 9.97 Å². The van der Waals surface area contributed by atoms with Crippen molar-refractivity contribution in [3.8, 4) is 11.3 Å². The molecule has 0 bridgehead atoms. The summed E-state index contributed by atoms with van der Waals surface area (Å²) in [7, 11) is 0. The Labute approximate surface area is 87.6 Å². The third-order valence-corrected chi connectivity index (χ3v) is 2.27. The van der Waals surface area contributed by atoms with Gasteiger partial charge in [-0.2, -0.15) is 0 Å². The molecule has 70 valence electrons. The number of hydrogen-bond acceptors (Lipinski definition) is 2. The summed E-state index contributed by atoms with van der Waals surface area (Å²) in [5, 5.41) is 0.580. The molecule has 1 aromatic carbocycles. The Bertz CT molecular complexity index is 437. The van der Waals surface area contributed by atoms with Crippen LogP contribution < -0.4 is 0 Å². The zero-order chi connectivity index (χ0) is 9.97. The molecule has 3 heteroatoms. The summed E-state index contributed by atoms with van der Waals surface area (Å²) >= 11 is 5.97. The fraction of sp³-hybridized carbons (Fsp3) is 0.0909. The van der Waals surface area contributed by atoms with Gasteiger partial charge in [0.05, 0.1) is 10.7 Å². The van der Waals surface area contributed by atoms with Gasteiger partial charge in [0.1, 0.15) is 6.33 Å². The van der Waals surface area contributed by atoms with E-state index in [2.05, 4.69) is 9.97 Å². The Morgan fingerprint density at radius 1 is 1.14 bits per heavy atom. The largest absolute Gasteiger partial charge is 0.243 e. The van der Waals surface area contributed by atoms with E-state index in [9.17, 15) is 0 Å². The molecule has 0 spiro atoms. The quantitative estimate of drug-likeness (QED) is 0.714. The monoisotopic (exact) mass is 204 g/mol.